The quantitative estimate of drug-likeness (QED) is 0.126. The molecule has 7 N–H and O–H groups in total. The Morgan fingerprint density at radius 2 is 1.90 bits per heavy atom. The zero-order valence-corrected chi connectivity index (χ0v) is 24.3. The molecule has 2 heterocycles. The predicted octanol–water partition coefficient (Wildman–Crippen LogP) is 1.50. The first-order chi connectivity index (χ1) is 18.5. The summed E-state index contributed by atoms with van der Waals surface area (Å²) < 4.78 is 12.9. The van der Waals surface area contributed by atoms with Gasteiger partial charge < -0.3 is 0 Å². The number of nitriles is 1. The third kappa shape index (κ3) is 5.92. The Balaban J connectivity index is 1.95. The number of ketones is 1. The minimum atomic E-state index is -5.44. The Kier molecular flexibility index (Phi) is 9.13. The van der Waals surface area contributed by atoms with Crippen molar-refractivity contribution < 1.29 is 38.8 Å². The van der Waals surface area contributed by atoms with Crippen LogP contribution < -0.4 is 11.1 Å². The molecule has 1 fully saturated rings. The molecule has 0 radical (unpaired) electrons. The summed E-state index contributed by atoms with van der Waals surface area (Å²) in [5, 5.41) is 33.4. The van der Waals surface area contributed by atoms with Crippen molar-refractivity contribution in [3.63, 3.8) is 0 Å². The first-order valence-corrected chi connectivity index (χ1v) is 15.3. The van der Waals surface area contributed by atoms with Crippen molar-refractivity contribution in [2.45, 2.75) is 83.3 Å². The fourth-order valence-corrected chi connectivity index (χ4v) is 9.05. The molecule has 1 unspecified atom stereocenters. The van der Waals surface area contributed by atoms with Crippen molar-refractivity contribution in [1.82, 2.24) is 14.9 Å². The Labute approximate surface area is 234 Å². The number of amides is 2. The summed E-state index contributed by atoms with van der Waals surface area (Å²) >= 11 is 0. The average Bonchev–Trinajstić information content (AvgIpc) is 3.19. The van der Waals surface area contributed by atoms with E-state index in [1.54, 1.807) is 65.0 Å². The van der Waals surface area contributed by atoms with E-state index in [0.29, 0.717) is 5.56 Å². The molecular formula is C26H40N5O8P. The van der Waals surface area contributed by atoms with E-state index in [4.69, 9.17) is 15.0 Å². The number of benzene rings is 1. The molecule has 1 aromatic rings. The van der Waals surface area contributed by atoms with Gasteiger partial charge in [0, 0.05) is 0 Å². The number of Topliss-reactive ketones (excluding diaryl/α,β-unsaturated/α-hetero) is 1. The third-order valence-electron chi connectivity index (χ3n) is 7.14. The molecule has 2 aliphatic heterocycles. The van der Waals surface area contributed by atoms with E-state index >= 15 is 0 Å². The number of hydrogen-bond donors (Lipinski definition) is 6. The van der Waals surface area contributed by atoms with Crippen LogP contribution in [0.4, 0.5) is 4.79 Å². The second-order valence-corrected chi connectivity index (χ2v) is 14.0. The summed E-state index contributed by atoms with van der Waals surface area (Å²) in [5.41, 5.74) is 5.07. The summed E-state index contributed by atoms with van der Waals surface area (Å²) in [4.78, 5) is 50.9. The van der Waals surface area contributed by atoms with Crippen molar-refractivity contribution >= 4 is 19.2 Å². The van der Waals surface area contributed by atoms with Crippen LogP contribution in [0, 0.1) is 11.3 Å². The van der Waals surface area contributed by atoms with Crippen molar-refractivity contribution in [2.75, 3.05) is 12.8 Å². The van der Waals surface area contributed by atoms with Crippen LogP contribution in [0.15, 0.2) is 42.1 Å². The van der Waals surface area contributed by atoms with Crippen LogP contribution in [0.3, 0.4) is 0 Å². The summed E-state index contributed by atoms with van der Waals surface area (Å²) in [5.74, 6) is -3.00. The Morgan fingerprint density at radius 1 is 1.30 bits per heavy atom. The molecule has 40 heavy (non-hydrogen) atoms. The predicted molar refractivity (Wildman–Crippen MR) is 147 cm³/mol. The van der Waals surface area contributed by atoms with Gasteiger partial charge in [-0.3, -0.25) is 0 Å². The van der Waals surface area contributed by atoms with Gasteiger partial charge in [-0.15, -0.1) is 0 Å². The fraction of sp³-hybridized carbons (Fsp3) is 0.577. The van der Waals surface area contributed by atoms with E-state index < -0.39 is 74.3 Å². The van der Waals surface area contributed by atoms with E-state index in [-0.39, 0.29) is 12.0 Å². The summed E-state index contributed by atoms with van der Waals surface area (Å²) in [6.07, 6.45) is -2.68. The number of aliphatic hydroxyl groups excluding tert-OH is 1. The zero-order valence-electron chi connectivity index (χ0n) is 23.4. The third-order valence-corrected chi connectivity index (χ3v) is 10.7. The zero-order chi connectivity index (χ0) is 30.1. The molecule has 0 aliphatic carbocycles. The molecule has 2 amide bonds. The number of nitrogens with two attached hydrogens (primary N) is 1. The van der Waals surface area contributed by atoms with Crippen LogP contribution in [-0.2, 0) is 9.26 Å². The number of ether oxygens (including phenoxy) is 1. The van der Waals surface area contributed by atoms with Gasteiger partial charge in [0.25, 0.3) is 0 Å². The first-order valence-electron chi connectivity index (χ1n) is 13.1. The van der Waals surface area contributed by atoms with Crippen molar-refractivity contribution in [3.05, 3.63) is 47.7 Å². The van der Waals surface area contributed by atoms with Crippen LogP contribution in [-0.4, -0.2) is 90.0 Å². The number of nitrogens with zero attached hydrogens (tertiary/aromatic N) is 3. The Morgan fingerprint density at radius 3 is 2.42 bits per heavy atom. The Hall–Kier alpha value is -2.50. The van der Waals surface area contributed by atoms with Crippen molar-refractivity contribution in [3.8, 4) is 6.07 Å². The molecule has 3 rings (SSSR count). The number of carbonyl (C=O) groups excluding carboxylic acids is 2. The Bertz CT molecular complexity index is 1180. The van der Waals surface area contributed by atoms with Gasteiger partial charge in [-0.25, -0.2) is 0 Å². The number of nitrogens with one attached hydrogen (secondary N) is 1. The van der Waals surface area contributed by atoms with Crippen molar-refractivity contribution in [2.24, 2.45) is 5.73 Å². The van der Waals surface area contributed by atoms with Crippen molar-refractivity contribution in [1.29, 1.82) is 5.26 Å². The molecule has 0 saturated carbocycles. The second-order valence-electron chi connectivity index (χ2n) is 10.8. The number of aliphatic hydroxyl groups is 2. The fourth-order valence-electron chi connectivity index (χ4n) is 5.44. The van der Waals surface area contributed by atoms with Gasteiger partial charge in [0.15, 0.2) is 0 Å². The van der Waals surface area contributed by atoms with E-state index in [0.717, 1.165) is 4.90 Å². The molecule has 14 heteroatoms. The number of hydrogen-bond acceptors (Lipinski definition) is 11. The van der Waals surface area contributed by atoms with Gasteiger partial charge in [-0.1, -0.05) is 6.07 Å². The molecular weight excluding hydrogens is 541 g/mol. The van der Waals surface area contributed by atoms with Gasteiger partial charge in [0.2, 0.25) is 0 Å². The molecule has 0 bridgehead atoms. The molecule has 0 spiro atoms. The van der Waals surface area contributed by atoms with E-state index in [1.165, 1.54) is 10.9 Å². The molecule has 4 atom stereocenters. The molecule has 13 nitrogen and oxygen atoms in total. The number of rotatable bonds is 11. The molecule has 1 aromatic carbocycles. The summed E-state index contributed by atoms with van der Waals surface area (Å²) in [7, 11) is -5.44. The van der Waals surface area contributed by atoms with Gasteiger partial charge in [0.1, 0.15) is 0 Å². The standard InChI is InChI=1S/C26H40N5O8P/c1-17(2)31(18(3)4)40(36,37,13-9-12-27)39-25(35)14-22(38-21(25)16-32)30-15-19(5)26(28,29-24(30)34)23(33)20-10-7-6-8-11-20/h6-8,10-11,15,17-18,21-22,32,35-37H,9,13-14,16,28H2,1-5H3,(H,29,34)/t21-,22-,25-,26?/m1/s1. The van der Waals surface area contributed by atoms with Crippen LogP contribution in [0.5, 0.6) is 0 Å². The van der Waals surface area contributed by atoms with E-state index in [2.05, 4.69) is 5.32 Å². The molecule has 222 valence electrons. The summed E-state index contributed by atoms with van der Waals surface area (Å²) in [6, 6.07) is 8.38. The summed E-state index contributed by atoms with van der Waals surface area (Å²) in [6.45, 7) is 7.62. The van der Waals surface area contributed by atoms with Crippen LogP contribution in [0.25, 0.3) is 0 Å². The van der Waals surface area contributed by atoms with Crippen LogP contribution >= 0.6 is 7.43 Å². The second kappa shape index (κ2) is 11.4. The van der Waals surface area contributed by atoms with Gasteiger partial charge >= 0.3 is 228 Å². The normalized spacial score (nSPS) is 28.3. The van der Waals surface area contributed by atoms with Crippen LogP contribution in [0.1, 0.15) is 57.8 Å². The van der Waals surface area contributed by atoms with E-state index in [9.17, 15) is 34.9 Å². The van der Waals surface area contributed by atoms with Gasteiger partial charge in [0.05, 0.1) is 0 Å². The monoisotopic (exact) mass is 581 g/mol. The number of carbonyl (C=O) groups is 2. The molecule has 1 saturated heterocycles. The van der Waals surface area contributed by atoms with Gasteiger partial charge in [-0.05, 0) is 0 Å². The van der Waals surface area contributed by atoms with E-state index in [1.807, 2.05) is 6.07 Å². The maximum absolute atomic E-state index is 13.2. The van der Waals surface area contributed by atoms with Crippen LogP contribution in [0.2, 0.25) is 0 Å². The topological polar surface area (TPSA) is 202 Å². The first kappa shape index (κ1) is 32.0. The molecule has 2 aliphatic rings. The van der Waals surface area contributed by atoms with Gasteiger partial charge in [-0.2, -0.15) is 0 Å². The number of urea groups is 1. The SMILES string of the molecule is CC1=CN([C@H]2C[C@@](O)(OP(O)(O)(CCC#N)N(C(C)C)C(C)C)[C@@H](CO)O2)C(=O)NC1(N)C(=O)c1ccccc1. The maximum atomic E-state index is 13.2. The molecule has 0 aromatic heterocycles. The average molecular weight is 582 g/mol. The minimum absolute atomic E-state index is 0.269.